The largest absolute Gasteiger partial charge is 0.0922 e. The van der Waals surface area contributed by atoms with E-state index in [1.807, 2.05) is 0 Å². The van der Waals surface area contributed by atoms with E-state index in [4.69, 9.17) is 0 Å². The van der Waals surface area contributed by atoms with E-state index in [-0.39, 0.29) is 0 Å². The summed E-state index contributed by atoms with van der Waals surface area (Å²) in [6, 6.07) is 0. The highest BCUT2D eigenvalue weighted by Crippen LogP contribution is 2.35. The minimum Gasteiger partial charge on any atom is -0.0922 e. The van der Waals surface area contributed by atoms with Gasteiger partial charge in [0.1, 0.15) is 0 Å². The lowest BCUT2D eigenvalue weighted by molar-refractivity contribution is 0.301. The molecule has 0 bridgehead atoms. The molecule has 0 saturated heterocycles. The highest BCUT2D eigenvalue weighted by Gasteiger charge is 2.26. The number of halogens is 2. The fourth-order valence-corrected chi connectivity index (χ4v) is 6.45. The molecule has 0 unspecified atom stereocenters. The van der Waals surface area contributed by atoms with Gasteiger partial charge in [-0.2, -0.15) is 0 Å². The Balaban J connectivity index is 3.64. The second-order valence-corrected chi connectivity index (χ2v) is 10.8. The van der Waals surface area contributed by atoms with Gasteiger partial charge < -0.3 is 0 Å². The molecule has 0 aromatic heterocycles. The van der Waals surface area contributed by atoms with Crippen molar-refractivity contribution in [2.75, 3.05) is 10.7 Å². The van der Waals surface area contributed by atoms with Crippen molar-refractivity contribution in [2.45, 2.75) is 155 Å². The Labute approximate surface area is 202 Å². The van der Waals surface area contributed by atoms with E-state index in [9.17, 15) is 0 Å². The standard InChI is InChI=1S/C27H54Br2/c1-3-5-7-9-11-13-15-17-19-21-23-27(25-28,26-29)24-22-20-18-16-14-12-10-8-6-4-2/h3-26H2,1-2H3. The van der Waals surface area contributed by atoms with Crippen LogP contribution in [0.2, 0.25) is 0 Å². The highest BCUT2D eigenvalue weighted by molar-refractivity contribution is 9.09. The van der Waals surface area contributed by atoms with Crippen LogP contribution in [-0.2, 0) is 0 Å². The number of unbranched alkanes of at least 4 members (excludes halogenated alkanes) is 18. The van der Waals surface area contributed by atoms with Crippen molar-refractivity contribution in [3.63, 3.8) is 0 Å². The summed E-state index contributed by atoms with van der Waals surface area (Å²) in [7, 11) is 0. The van der Waals surface area contributed by atoms with Crippen LogP contribution in [0.1, 0.15) is 155 Å². The molecule has 0 N–H and O–H groups in total. The van der Waals surface area contributed by atoms with Crippen molar-refractivity contribution in [3.05, 3.63) is 0 Å². The van der Waals surface area contributed by atoms with E-state index in [2.05, 4.69) is 45.7 Å². The third-order valence-electron chi connectivity index (χ3n) is 6.69. The van der Waals surface area contributed by atoms with Gasteiger partial charge >= 0.3 is 0 Å². The summed E-state index contributed by atoms with van der Waals surface area (Å²) >= 11 is 7.70. The molecule has 0 amide bonds. The molecule has 0 aliphatic rings. The first kappa shape index (κ1) is 30.0. The molecule has 0 heterocycles. The first-order valence-electron chi connectivity index (χ1n) is 13.4. The molecule has 0 saturated carbocycles. The van der Waals surface area contributed by atoms with E-state index >= 15 is 0 Å². The fraction of sp³-hybridized carbons (Fsp3) is 1.00. The number of hydrogen-bond acceptors (Lipinski definition) is 0. The van der Waals surface area contributed by atoms with Gasteiger partial charge in [0, 0.05) is 10.7 Å². The molecule has 2 heteroatoms. The summed E-state index contributed by atoms with van der Waals surface area (Å²) in [5.74, 6) is 0. The van der Waals surface area contributed by atoms with Crippen molar-refractivity contribution >= 4 is 31.9 Å². The van der Waals surface area contributed by atoms with Gasteiger partial charge in [-0.05, 0) is 18.3 Å². The van der Waals surface area contributed by atoms with E-state index in [0.717, 1.165) is 0 Å². The van der Waals surface area contributed by atoms with Gasteiger partial charge in [-0.1, -0.05) is 174 Å². The molecule has 0 spiro atoms. The normalized spacial score (nSPS) is 12.0. The van der Waals surface area contributed by atoms with E-state index in [1.54, 1.807) is 0 Å². The maximum atomic E-state index is 3.85. The topological polar surface area (TPSA) is 0 Å². The van der Waals surface area contributed by atoms with Crippen LogP contribution in [0.3, 0.4) is 0 Å². The summed E-state index contributed by atoms with van der Waals surface area (Å²) in [6.07, 6.45) is 31.6. The SMILES string of the molecule is CCCCCCCCCCCCC(CBr)(CBr)CCCCCCCCCCCC. The second kappa shape index (κ2) is 23.6. The zero-order chi connectivity index (χ0) is 21.5. The van der Waals surface area contributed by atoms with Crippen LogP contribution in [0.15, 0.2) is 0 Å². The van der Waals surface area contributed by atoms with Gasteiger partial charge in [0.15, 0.2) is 0 Å². The average Bonchev–Trinajstić information content (AvgIpc) is 2.75. The van der Waals surface area contributed by atoms with Crippen molar-refractivity contribution < 1.29 is 0 Å². The van der Waals surface area contributed by atoms with Crippen molar-refractivity contribution in [1.82, 2.24) is 0 Å². The predicted molar refractivity (Wildman–Crippen MR) is 143 cm³/mol. The first-order chi connectivity index (χ1) is 14.2. The molecule has 0 rings (SSSR count). The number of alkyl halides is 2. The Hall–Kier alpha value is 0.960. The lowest BCUT2D eigenvalue weighted by Gasteiger charge is -2.30. The zero-order valence-corrected chi connectivity index (χ0v) is 23.4. The summed E-state index contributed by atoms with van der Waals surface area (Å²) < 4.78 is 0. The second-order valence-electron chi connectivity index (χ2n) is 9.63. The first-order valence-corrected chi connectivity index (χ1v) is 15.6. The Morgan fingerprint density at radius 3 is 0.862 bits per heavy atom. The van der Waals surface area contributed by atoms with Gasteiger partial charge in [-0.15, -0.1) is 0 Å². The summed E-state index contributed by atoms with van der Waals surface area (Å²) in [5.41, 5.74) is 0.500. The molecule has 0 atom stereocenters. The minimum absolute atomic E-state index is 0.500. The smallest absolute Gasteiger partial charge is 0.00959 e. The summed E-state index contributed by atoms with van der Waals surface area (Å²) in [6.45, 7) is 4.60. The molecule has 0 aromatic rings. The molecule has 0 aliphatic heterocycles. The highest BCUT2D eigenvalue weighted by atomic mass is 79.9. The molecule has 0 nitrogen and oxygen atoms in total. The van der Waals surface area contributed by atoms with E-state index in [1.165, 1.54) is 152 Å². The fourth-order valence-electron chi connectivity index (χ4n) is 4.40. The Morgan fingerprint density at radius 2 is 0.621 bits per heavy atom. The van der Waals surface area contributed by atoms with Gasteiger partial charge in [-0.3, -0.25) is 0 Å². The van der Waals surface area contributed by atoms with Crippen LogP contribution >= 0.6 is 31.9 Å². The molecule has 176 valence electrons. The van der Waals surface area contributed by atoms with Crippen LogP contribution < -0.4 is 0 Å². The summed E-state index contributed by atoms with van der Waals surface area (Å²) in [4.78, 5) is 0. The minimum atomic E-state index is 0.500. The monoisotopic (exact) mass is 536 g/mol. The molecule has 29 heavy (non-hydrogen) atoms. The van der Waals surface area contributed by atoms with Crippen molar-refractivity contribution in [3.8, 4) is 0 Å². The van der Waals surface area contributed by atoms with Crippen LogP contribution in [0.5, 0.6) is 0 Å². The quantitative estimate of drug-likeness (QED) is 0.0847. The zero-order valence-electron chi connectivity index (χ0n) is 20.2. The molecular formula is C27H54Br2. The van der Waals surface area contributed by atoms with Crippen molar-refractivity contribution in [1.29, 1.82) is 0 Å². The van der Waals surface area contributed by atoms with Crippen LogP contribution in [0.25, 0.3) is 0 Å². The molecule has 0 fully saturated rings. The lowest BCUT2D eigenvalue weighted by Crippen LogP contribution is -2.24. The van der Waals surface area contributed by atoms with Crippen LogP contribution in [0.4, 0.5) is 0 Å². The Bertz CT molecular complexity index is 273. The molecule has 0 aromatic carbocycles. The van der Waals surface area contributed by atoms with Gasteiger partial charge in [0.2, 0.25) is 0 Å². The molecule has 0 aliphatic carbocycles. The third-order valence-corrected chi connectivity index (χ3v) is 9.07. The van der Waals surface area contributed by atoms with Gasteiger partial charge in [-0.25, -0.2) is 0 Å². The van der Waals surface area contributed by atoms with Gasteiger partial charge in [0.25, 0.3) is 0 Å². The number of rotatable bonds is 24. The lowest BCUT2D eigenvalue weighted by atomic mass is 9.81. The molecular weight excluding hydrogens is 484 g/mol. The van der Waals surface area contributed by atoms with E-state index < -0.39 is 0 Å². The average molecular weight is 539 g/mol. The Morgan fingerprint density at radius 1 is 0.379 bits per heavy atom. The predicted octanol–water partition coefficient (Wildman–Crippen LogP) is 11.4. The Kier molecular flexibility index (Phi) is 24.4. The van der Waals surface area contributed by atoms with Crippen molar-refractivity contribution in [2.24, 2.45) is 5.41 Å². The van der Waals surface area contributed by atoms with Crippen LogP contribution in [0, 0.1) is 5.41 Å². The third kappa shape index (κ3) is 19.4. The number of hydrogen-bond donors (Lipinski definition) is 0. The maximum Gasteiger partial charge on any atom is 0.00959 e. The molecule has 0 radical (unpaired) electrons. The maximum absolute atomic E-state index is 3.85. The van der Waals surface area contributed by atoms with Gasteiger partial charge in [0.05, 0.1) is 0 Å². The van der Waals surface area contributed by atoms with E-state index in [0.29, 0.717) is 5.41 Å². The summed E-state index contributed by atoms with van der Waals surface area (Å²) in [5, 5.41) is 2.33. The van der Waals surface area contributed by atoms with Crippen LogP contribution in [-0.4, -0.2) is 10.7 Å².